The second-order valence-electron chi connectivity index (χ2n) is 4.90. The Bertz CT molecular complexity index is 431. The van der Waals surface area contributed by atoms with Crippen molar-refractivity contribution in [2.24, 2.45) is 0 Å². The second-order valence-corrected chi connectivity index (χ2v) is 4.90. The summed E-state index contributed by atoms with van der Waals surface area (Å²) in [6, 6.07) is 5.18. The van der Waals surface area contributed by atoms with E-state index in [-0.39, 0.29) is 5.75 Å². The van der Waals surface area contributed by atoms with Crippen LogP contribution in [0.1, 0.15) is 43.2 Å². The fraction of sp³-hybridized carbons (Fsp3) is 0.500. The van der Waals surface area contributed by atoms with Gasteiger partial charge in [-0.25, -0.2) is 0 Å². The first kappa shape index (κ1) is 12.0. The Balaban J connectivity index is 2.53. The number of phenols is 1. The molecule has 1 aromatic rings. The summed E-state index contributed by atoms with van der Waals surface area (Å²) in [7, 11) is 0. The molecule has 3 heteroatoms. The molecule has 0 aliphatic heterocycles. The molecule has 0 bridgehead atoms. The highest BCUT2D eigenvalue weighted by Gasteiger charge is 2.42. The van der Waals surface area contributed by atoms with Gasteiger partial charge >= 0.3 is 5.97 Å². The average Bonchev–Trinajstić information content (AvgIpc) is 2.33. The molecule has 1 fully saturated rings. The van der Waals surface area contributed by atoms with Gasteiger partial charge in [-0.05, 0) is 37.0 Å². The molecule has 2 rings (SSSR count). The Morgan fingerprint density at radius 3 is 2.47 bits per heavy atom. The van der Waals surface area contributed by atoms with Crippen LogP contribution in [0.3, 0.4) is 0 Å². The quantitative estimate of drug-likeness (QED) is 0.827. The molecule has 2 N–H and O–H groups in total. The standard InChI is InChI=1S/C14H18O3/c1-10-11(6-5-7-12(10)15)14(13(16)17)8-3-2-4-9-14/h5-7,15H,2-4,8-9H2,1H3,(H,16,17). The Morgan fingerprint density at radius 1 is 1.24 bits per heavy atom. The molecule has 0 aromatic heterocycles. The molecule has 1 aromatic carbocycles. The van der Waals surface area contributed by atoms with Gasteiger partial charge < -0.3 is 10.2 Å². The van der Waals surface area contributed by atoms with Crippen LogP contribution in [0.4, 0.5) is 0 Å². The Labute approximate surface area is 101 Å². The molecule has 92 valence electrons. The van der Waals surface area contributed by atoms with E-state index in [4.69, 9.17) is 0 Å². The lowest BCUT2D eigenvalue weighted by Gasteiger charge is -2.34. The molecule has 1 aliphatic rings. The van der Waals surface area contributed by atoms with Crippen molar-refractivity contribution in [1.29, 1.82) is 0 Å². The maximum atomic E-state index is 11.7. The van der Waals surface area contributed by atoms with Crippen molar-refractivity contribution < 1.29 is 15.0 Å². The number of carbonyl (C=O) groups is 1. The SMILES string of the molecule is Cc1c(O)cccc1C1(C(=O)O)CCCCC1. The zero-order chi connectivity index (χ0) is 12.5. The van der Waals surface area contributed by atoms with Gasteiger partial charge in [-0.15, -0.1) is 0 Å². The first-order chi connectivity index (χ1) is 8.08. The number of rotatable bonds is 2. The number of hydrogen-bond acceptors (Lipinski definition) is 2. The minimum absolute atomic E-state index is 0.189. The van der Waals surface area contributed by atoms with Crippen molar-refractivity contribution in [1.82, 2.24) is 0 Å². The molecular weight excluding hydrogens is 216 g/mol. The number of benzene rings is 1. The topological polar surface area (TPSA) is 57.5 Å². The summed E-state index contributed by atoms with van der Waals surface area (Å²) in [5.74, 6) is -0.570. The first-order valence-corrected chi connectivity index (χ1v) is 6.10. The molecule has 0 unspecified atom stereocenters. The molecule has 1 aliphatic carbocycles. The summed E-state index contributed by atoms with van der Waals surface area (Å²) < 4.78 is 0. The molecule has 0 spiro atoms. The summed E-state index contributed by atoms with van der Waals surface area (Å²) in [5.41, 5.74) is 0.697. The Hall–Kier alpha value is -1.51. The van der Waals surface area contributed by atoms with Crippen LogP contribution in [0.15, 0.2) is 18.2 Å². The van der Waals surface area contributed by atoms with Crippen LogP contribution in [0.5, 0.6) is 5.75 Å². The number of hydrogen-bond donors (Lipinski definition) is 2. The van der Waals surface area contributed by atoms with Crippen LogP contribution >= 0.6 is 0 Å². The molecule has 0 radical (unpaired) electrons. The highest BCUT2D eigenvalue weighted by molar-refractivity contribution is 5.82. The predicted octanol–water partition coefficient (Wildman–Crippen LogP) is 2.99. The van der Waals surface area contributed by atoms with Crippen LogP contribution in [-0.4, -0.2) is 16.2 Å². The van der Waals surface area contributed by atoms with E-state index in [0.717, 1.165) is 24.8 Å². The van der Waals surface area contributed by atoms with Gasteiger partial charge in [0.25, 0.3) is 0 Å². The van der Waals surface area contributed by atoms with E-state index in [0.29, 0.717) is 18.4 Å². The highest BCUT2D eigenvalue weighted by Crippen LogP contribution is 2.42. The van der Waals surface area contributed by atoms with Crippen LogP contribution in [0.25, 0.3) is 0 Å². The predicted molar refractivity (Wildman–Crippen MR) is 65.2 cm³/mol. The van der Waals surface area contributed by atoms with Crippen molar-refractivity contribution in [3.05, 3.63) is 29.3 Å². The summed E-state index contributed by atoms with van der Waals surface area (Å²) in [6.45, 7) is 1.80. The van der Waals surface area contributed by atoms with Crippen LogP contribution < -0.4 is 0 Å². The third-order valence-electron chi connectivity index (χ3n) is 3.94. The lowest BCUT2D eigenvalue weighted by Crippen LogP contribution is -2.38. The Morgan fingerprint density at radius 2 is 1.88 bits per heavy atom. The van der Waals surface area contributed by atoms with Gasteiger partial charge in [0.2, 0.25) is 0 Å². The normalized spacial score (nSPS) is 18.9. The van der Waals surface area contributed by atoms with Crippen LogP contribution in [0, 0.1) is 6.92 Å². The summed E-state index contributed by atoms with van der Waals surface area (Å²) >= 11 is 0. The van der Waals surface area contributed by atoms with E-state index in [1.807, 2.05) is 6.07 Å². The molecule has 3 nitrogen and oxygen atoms in total. The van der Waals surface area contributed by atoms with Gasteiger partial charge in [0.15, 0.2) is 0 Å². The average molecular weight is 234 g/mol. The molecular formula is C14H18O3. The third-order valence-corrected chi connectivity index (χ3v) is 3.94. The lowest BCUT2D eigenvalue weighted by atomic mass is 9.68. The van der Waals surface area contributed by atoms with E-state index >= 15 is 0 Å². The van der Waals surface area contributed by atoms with Crippen molar-refractivity contribution in [2.45, 2.75) is 44.4 Å². The summed E-state index contributed by atoms with van der Waals surface area (Å²) in [4.78, 5) is 11.7. The molecule has 0 atom stereocenters. The molecule has 17 heavy (non-hydrogen) atoms. The number of aromatic hydroxyl groups is 1. The van der Waals surface area contributed by atoms with Gasteiger partial charge in [-0.2, -0.15) is 0 Å². The molecule has 0 saturated heterocycles. The van der Waals surface area contributed by atoms with Crippen molar-refractivity contribution >= 4 is 5.97 Å². The van der Waals surface area contributed by atoms with Gasteiger partial charge in [-0.3, -0.25) is 4.79 Å². The molecule has 0 amide bonds. The maximum Gasteiger partial charge on any atom is 0.314 e. The van der Waals surface area contributed by atoms with Crippen molar-refractivity contribution in [3.8, 4) is 5.75 Å². The second kappa shape index (κ2) is 4.40. The largest absolute Gasteiger partial charge is 0.508 e. The molecule has 1 saturated carbocycles. The van der Waals surface area contributed by atoms with Gasteiger partial charge in [0.1, 0.15) is 5.75 Å². The lowest BCUT2D eigenvalue weighted by molar-refractivity contribution is -0.145. The zero-order valence-corrected chi connectivity index (χ0v) is 10.1. The minimum Gasteiger partial charge on any atom is -0.508 e. The highest BCUT2D eigenvalue weighted by atomic mass is 16.4. The van der Waals surface area contributed by atoms with E-state index in [1.54, 1.807) is 19.1 Å². The smallest absolute Gasteiger partial charge is 0.314 e. The first-order valence-electron chi connectivity index (χ1n) is 6.10. The number of carboxylic acids is 1. The van der Waals surface area contributed by atoms with Crippen LogP contribution in [0.2, 0.25) is 0 Å². The monoisotopic (exact) mass is 234 g/mol. The van der Waals surface area contributed by atoms with Crippen molar-refractivity contribution in [2.75, 3.05) is 0 Å². The fourth-order valence-corrected chi connectivity index (χ4v) is 2.90. The van der Waals surface area contributed by atoms with Gasteiger partial charge in [-0.1, -0.05) is 31.4 Å². The number of carboxylic acid groups (broad SMARTS) is 1. The van der Waals surface area contributed by atoms with E-state index in [1.165, 1.54) is 0 Å². The number of phenolic OH excluding ortho intramolecular Hbond substituents is 1. The fourth-order valence-electron chi connectivity index (χ4n) is 2.90. The van der Waals surface area contributed by atoms with E-state index in [2.05, 4.69) is 0 Å². The summed E-state index contributed by atoms with van der Waals surface area (Å²) in [6.07, 6.45) is 4.34. The van der Waals surface area contributed by atoms with Crippen molar-refractivity contribution in [3.63, 3.8) is 0 Å². The number of aliphatic carboxylic acids is 1. The maximum absolute atomic E-state index is 11.7. The molecule has 0 heterocycles. The van der Waals surface area contributed by atoms with Crippen LogP contribution in [-0.2, 0) is 10.2 Å². The van der Waals surface area contributed by atoms with Gasteiger partial charge in [0, 0.05) is 0 Å². The van der Waals surface area contributed by atoms with E-state index in [9.17, 15) is 15.0 Å². The van der Waals surface area contributed by atoms with Gasteiger partial charge in [0.05, 0.1) is 5.41 Å². The Kier molecular flexibility index (Phi) is 3.09. The van der Waals surface area contributed by atoms with E-state index < -0.39 is 11.4 Å². The summed E-state index contributed by atoms with van der Waals surface area (Å²) in [5, 5.41) is 19.3. The minimum atomic E-state index is -0.791. The zero-order valence-electron chi connectivity index (χ0n) is 10.1. The third kappa shape index (κ3) is 1.90.